The number of thiophene rings is 1. The number of carbonyl (C=O) groups excluding carboxylic acids is 2. The molecular weight excluding hydrogens is 352 g/mol. The predicted octanol–water partition coefficient (Wildman–Crippen LogP) is 3.05. The second-order valence-corrected chi connectivity index (χ2v) is 7.15. The Morgan fingerprint density at radius 1 is 1.12 bits per heavy atom. The third-order valence-electron chi connectivity index (χ3n) is 4.03. The van der Waals surface area contributed by atoms with E-state index < -0.39 is 17.4 Å². The van der Waals surface area contributed by atoms with Crippen LogP contribution in [-0.2, 0) is 11.3 Å². The Balaban J connectivity index is 1.96. The molecule has 1 unspecified atom stereocenters. The van der Waals surface area contributed by atoms with Crippen LogP contribution in [0.4, 0.5) is 0 Å². The van der Waals surface area contributed by atoms with Crippen LogP contribution in [0.5, 0.6) is 0 Å². The first-order valence-corrected chi connectivity index (χ1v) is 9.20. The van der Waals surface area contributed by atoms with Crippen molar-refractivity contribution in [1.29, 1.82) is 0 Å². The molecule has 1 atom stereocenters. The van der Waals surface area contributed by atoms with E-state index in [1.54, 1.807) is 30.3 Å². The molecule has 0 fully saturated rings. The molecule has 0 aliphatic rings. The summed E-state index contributed by atoms with van der Waals surface area (Å²) in [5.74, 6) is -1.63. The maximum Gasteiger partial charge on any atom is 0.329 e. The molecule has 26 heavy (non-hydrogen) atoms. The van der Waals surface area contributed by atoms with E-state index in [1.807, 2.05) is 18.4 Å². The SMILES string of the molecule is CCCC(C)(NC(=O)c1ccc(CNC(=O)c2cccs2)cc1)C(=O)O. The molecule has 138 valence electrons. The molecular formula is C19H22N2O4S. The Morgan fingerprint density at radius 3 is 2.35 bits per heavy atom. The van der Waals surface area contributed by atoms with Gasteiger partial charge in [-0.3, -0.25) is 9.59 Å². The van der Waals surface area contributed by atoms with Crippen LogP contribution >= 0.6 is 11.3 Å². The summed E-state index contributed by atoms with van der Waals surface area (Å²) in [6, 6.07) is 10.3. The molecule has 0 saturated heterocycles. The first-order valence-electron chi connectivity index (χ1n) is 8.32. The van der Waals surface area contributed by atoms with Crippen LogP contribution in [0.1, 0.15) is 52.3 Å². The number of carboxylic acids is 1. The minimum atomic E-state index is -1.29. The fourth-order valence-electron chi connectivity index (χ4n) is 2.50. The summed E-state index contributed by atoms with van der Waals surface area (Å²) >= 11 is 1.37. The third-order valence-corrected chi connectivity index (χ3v) is 4.89. The third kappa shape index (κ3) is 4.92. The fourth-order valence-corrected chi connectivity index (χ4v) is 3.14. The van der Waals surface area contributed by atoms with Gasteiger partial charge in [-0.15, -0.1) is 11.3 Å². The van der Waals surface area contributed by atoms with Crippen molar-refractivity contribution < 1.29 is 19.5 Å². The van der Waals surface area contributed by atoms with E-state index in [2.05, 4.69) is 10.6 Å². The van der Waals surface area contributed by atoms with E-state index in [1.165, 1.54) is 18.3 Å². The summed E-state index contributed by atoms with van der Waals surface area (Å²) in [5, 5.41) is 16.6. The number of carboxylic acid groups (broad SMARTS) is 1. The summed E-state index contributed by atoms with van der Waals surface area (Å²) in [5.41, 5.74) is -0.0675. The molecule has 3 N–H and O–H groups in total. The van der Waals surface area contributed by atoms with Gasteiger partial charge in [-0.05, 0) is 42.5 Å². The molecule has 2 rings (SSSR count). The molecule has 0 aliphatic carbocycles. The average Bonchev–Trinajstić information content (AvgIpc) is 3.15. The van der Waals surface area contributed by atoms with Crippen LogP contribution in [0.25, 0.3) is 0 Å². The topological polar surface area (TPSA) is 95.5 Å². The van der Waals surface area contributed by atoms with Crippen LogP contribution in [0.2, 0.25) is 0 Å². The Morgan fingerprint density at radius 2 is 1.81 bits per heavy atom. The molecule has 2 aromatic rings. The smallest absolute Gasteiger partial charge is 0.329 e. The van der Waals surface area contributed by atoms with Gasteiger partial charge in [-0.25, -0.2) is 4.79 Å². The molecule has 0 spiro atoms. The van der Waals surface area contributed by atoms with Crippen molar-refractivity contribution in [2.75, 3.05) is 0 Å². The Bertz CT molecular complexity index is 771. The number of nitrogens with one attached hydrogen (secondary N) is 2. The summed E-state index contributed by atoms with van der Waals surface area (Å²) in [6.45, 7) is 3.72. The van der Waals surface area contributed by atoms with Gasteiger partial charge in [0.25, 0.3) is 11.8 Å². The molecule has 6 nitrogen and oxygen atoms in total. The molecule has 7 heteroatoms. The number of amides is 2. The lowest BCUT2D eigenvalue weighted by Crippen LogP contribution is -2.52. The maximum absolute atomic E-state index is 12.3. The first-order chi connectivity index (χ1) is 12.4. The highest BCUT2D eigenvalue weighted by Crippen LogP contribution is 2.15. The molecule has 0 bridgehead atoms. The van der Waals surface area contributed by atoms with Gasteiger partial charge in [0.1, 0.15) is 5.54 Å². The van der Waals surface area contributed by atoms with Gasteiger partial charge in [0, 0.05) is 12.1 Å². The fraction of sp³-hybridized carbons (Fsp3) is 0.316. The second kappa shape index (κ2) is 8.62. The van der Waals surface area contributed by atoms with Crippen LogP contribution in [0, 0.1) is 0 Å². The van der Waals surface area contributed by atoms with Crippen LogP contribution in [-0.4, -0.2) is 28.4 Å². The Kier molecular flexibility index (Phi) is 6.52. The van der Waals surface area contributed by atoms with Crippen molar-refractivity contribution in [2.24, 2.45) is 0 Å². The second-order valence-electron chi connectivity index (χ2n) is 6.20. The van der Waals surface area contributed by atoms with E-state index in [4.69, 9.17) is 0 Å². The van der Waals surface area contributed by atoms with Crippen molar-refractivity contribution in [2.45, 2.75) is 38.8 Å². The Hall–Kier alpha value is -2.67. The monoisotopic (exact) mass is 374 g/mol. The standard InChI is InChI=1S/C19H22N2O4S/c1-3-10-19(2,18(24)25)21-16(22)14-8-6-13(7-9-14)12-20-17(23)15-5-4-11-26-15/h4-9,11H,3,10,12H2,1-2H3,(H,20,23)(H,21,22)(H,24,25). The number of rotatable bonds is 8. The summed E-state index contributed by atoms with van der Waals surface area (Å²) in [6.07, 6.45) is 0.993. The zero-order valence-electron chi connectivity index (χ0n) is 14.7. The summed E-state index contributed by atoms with van der Waals surface area (Å²) in [7, 11) is 0. The molecule has 1 aromatic carbocycles. The summed E-state index contributed by atoms with van der Waals surface area (Å²) < 4.78 is 0. The maximum atomic E-state index is 12.3. The lowest BCUT2D eigenvalue weighted by atomic mass is 9.95. The van der Waals surface area contributed by atoms with Crippen molar-refractivity contribution in [3.8, 4) is 0 Å². The number of benzene rings is 1. The molecule has 0 saturated carbocycles. The number of hydrogen-bond donors (Lipinski definition) is 3. The molecule has 0 aliphatic heterocycles. The highest BCUT2D eigenvalue weighted by Gasteiger charge is 2.33. The number of carbonyl (C=O) groups is 3. The van der Waals surface area contributed by atoms with Gasteiger partial charge < -0.3 is 15.7 Å². The number of hydrogen-bond acceptors (Lipinski definition) is 4. The van der Waals surface area contributed by atoms with Gasteiger partial charge in [0.2, 0.25) is 0 Å². The van der Waals surface area contributed by atoms with Gasteiger partial charge >= 0.3 is 5.97 Å². The van der Waals surface area contributed by atoms with Gasteiger partial charge in [-0.2, -0.15) is 0 Å². The predicted molar refractivity (Wildman–Crippen MR) is 100 cm³/mol. The molecule has 2 amide bonds. The quantitative estimate of drug-likeness (QED) is 0.662. The zero-order valence-corrected chi connectivity index (χ0v) is 15.6. The van der Waals surface area contributed by atoms with E-state index in [-0.39, 0.29) is 5.91 Å². The Labute approximate surface area is 156 Å². The first kappa shape index (κ1) is 19.7. The van der Waals surface area contributed by atoms with Crippen LogP contribution in [0.3, 0.4) is 0 Å². The van der Waals surface area contributed by atoms with E-state index in [0.29, 0.717) is 29.8 Å². The molecule has 1 aromatic heterocycles. The van der Waals surface area contributed by atoms with Gasteiger partial charge in [0.15, 0.2) is 0 Å². The zero-order chi connectivity index (χ0) is 19.2. The highest BCUT2D eigenvalue weighted by atomic mass is 32.1. The number of aliphatic carboxylic acids is 1. The highest BCUT2D eigenvalue weighted by molar-refractivity contribution is 7.12. The normalized spacial score (nSPS) is 12.8. The van der Waals surface area contributed by atoms with Crippen LogP contribution in [0.15, 0.2) is 41.8 Å². The van der Waals surface area contributed by atoms with Crippen molar-refractivity contribution in [1.82, 2.24) is 10.6 Å². The lowest BCUT2D eigenvalue weighted by Gasteiger charge is -2.25. The van der Waals surface area contributed by atoms with E-state index in [0.717, 1.165) is 5.56 Å². The van der Waals surface area contributed by atoms with Crippen molar-refractivity contribution >= 4 is 29.1 Å². The van der Waals surface area contributed by atoms with E-state index in [9.17, 15) is 19.5 Å². The largest absolute Gasteiger partial charge is 0.480 e. The van der Waals surface area contributed by atoms with E-state index >= 15 is 0 Å². The van der Waals surface area contributed by atoms with Gasteiger partial charge in [-0.1, -0.05) is 31.5 Å². The minimum absolute atomic E-state index is 0.140. The average molecular weight is 374 g/mol. The lowest BCUT2D eigenvalue weighted by molar-refractivity contribution is -0.144. The van der Waals surface area contributed by atoms with Crippen LogP contribution < -0.4 is 10.6 Å². The van der Waals surface area contributed by atoms with Crippen molar-refractivity contribution in [3.05, 3.63) is 57.8 Å². The molecule has 0 radical (unpaired) electrons. The van der Waals surface area contributed by atoms with Gasteiger partial charge in [0.05, 0.1) is 4.88 Å². The summed E-state index contributed by atoms with van der Waals surface area (Å²) in [4.78, 5) is 36.3. The van der Waals surface area contributed by atoms with Crippen molar-refractivity contribution in [3.63, 3.8) is 0 Å². The molecule has 1 heterocycles. The minimum Gasteiger partial charge on any atom is -0.480 e.